The predicted molar refractivity (Wildman–Crippen MR) is 71.7 cm³/mol. The maximum atomic E-state index is 11.9. The lowest BCUT2D eigenvalue weighted by Crippen LogP contribution is -2.25. The standard InChI is InChI=1S/C14H11ClN2O/c1-7-11-12(8(2)16-7)14(18)17-13(11)9-3-5-10(15)6-4-9/h3-6,16H,1H2,2H3,(H,17,18). The molecule has 1 aliphatic rings. The second-order valence-electron chi connectivity index (χ2n) is 4.31. The molecule has 2 N–H and O–H groups in total. The van der Waals surface area contributed by atoms with Crippen molar-refractivity contribution in [2.45, 2.75) is 6.92 Å². The maximum Gasteiger partial charge on any atom is 0.258 e. The first kappa shape index (κ1) is 11.1. The molecule has 90 valence electrons. The molecule has 0 fully saturated rings. The van der Waals surface area contributed by atoms with Gasteiger partial charge in [0.2, 0.25) is 0 Å². The molecule has 0 saturated carbocycles. The quantitative estimate of drug-likeness (QED) is 0.795. The van der Waals surface area contributed by atoms with Crippen LogP contribution >= 0.6 is 11.6 Å². The van der Waals surface area contributed by atoms with Gasteiger partial charge in [-0.3, -0.25) is 4.79 Å². The van der Waals surface area contributed by atoms with E-state index in [4.69, 9.17) is 11.6 Å². The van der Waals surface area contributed by atoms with Gasteiger partial charge in [0, 0.05) is 21.3 Å². The van der Waals surface area contributed by atoms with Crippen LogP contribution in [-0.4, -0.2) is 10.9 Å². The lowest BCUT2D eigenvalue weighted by Gasteiger charge is -2.03. The lowest BCUT2D eigenvalue weighted by atomic mass is 10.1. The second-order valence-corrected chi connectivity index (χ2v) is 4.75. The SMILES string of the molecule is C=c1[nH]c(C)c2c1=C(c1ccc(Cl)cc1)NC2=O. The minimum Gasteiger partial charge on any atom is -0.358 e. The van der Waals surface area contributed by atoms with Gasteiger partial charge in [-0.25, -0.2) is 0 Å². The lowest BCUT2D eigenvalue weighted by molar-refractivity contribution is 0.0978. The van der Waals surface area contributed by atoms with Gasteiger partial charge in [0.15, 0.2) is 0 Å². The van der Waals surface area contributed by atoms with E-state index in [1.165, 1.54) is 0 Å². The molecular weight excluding hydrogens is 248 g/mol. The molecule has 0 atom stereocenters. The van der Waals surface area contributed by atoms with Gasteiger partial charge in [0.25, 0.3) is 5.91 Å². The van der Waals surface area contributed by atoms with Gasteiger partial charge < -0.3 is 10.3 Å². The van der Waals surface area contributed by atoms with Gasteiger partial charge >= 0.3 is 0 Å². The van der Waals surface area contributed by atoms with Crippen LogP contribution in [0.5, 0.6) is 0 Å². The van der Waals surface area contributed by atoms with Gasteiger partial charge in [0.1, 0.15) is 0 Å². The average Bonchev–Trinajstić information content (AvgIpc) is 2.81. The Morgan fingerprint density at radius 1 is 1.22 bits per heavy atom. The van der Waals surface area contributed by atoms with Crippen molar-refractivity contribution in [3.8, 4) is 0 Å². The molecular formula is C14H11ClN2O. The van der Waals surface area contributed by atoms with Gasteiger partial charge in [-0.1, -0.05) is 30.3 Å². The summed E-state index contributed by atoms with van der Waals surface area (Å²) in [6, 6.07) is 7.37. The third-order valence-electron chi connectivity index (χ3n) is 3.11. The molecule has 1 amide bonds. The minimum atomic E-state index is -0.0846. The van der Waals surface area contributed by atoms with Crippen molar-refractivity contribution in [2.24, 2.45) is 0 Å². The fourth-order valence-corrected chi connectivity index (χ4v) is 2.45. The van der Waals surface area contributed by atoms with Crippen molar-refractivity contribution in [1.29, 1.82) is 0 Å². The zero-order valence-corrected chi connectivity index (χ0v) is 10.6. The Bertz CT molecular complexity index is 756. The van der Waals surface area contributed by atoms with Crippen molar-refractivity contribution < 1.29 is 4.79 Å². The van der Waals surface area contributed by atoms with E-state index in [2.05, 4.69) is 16.9 Å². The number of amides is 1. The molecule has 0 aliphatic carbocycles. The van der Waals surface area contributed by atoms with Gasteiger partial charge in [-0.05, 0) is 24.6 Å². The van der Waals surface area contributed by atoms with Crippen LogP contribution in [0.1, 0.15) is 21.6 Å². The van der Waals surface area contributed by atoms with Crippen LogP contribution in [0.2, 0.25) is 5.02 Å². The number of hydrogen-bond donors (Lipinski definition) is 2. The average molecular weight is 259 g/mol. The molecule has 0 spiro atoms. The third kappa shape index (κ3) is 1.48. The summed E-state index contributed by atoms with van der Waals surface area (Å²) >= 11 is 5.87. The maximum absolute atomic E-state index is 11.9. The number of carbonyl (C=O) groups is 1. The minimum absolute atomic E-state index is 0.0846. The van der Waals surface area contributed by atoms with E-state index in [0.29, 0.717) is 10.6 Å². The highest BCUT2D eigenvalue weighted by Crippen LogP contribution is 2.17. The topological polar surface area (TPSA) is 44.9 Å². The Hall–Kier alpha value is -2.00. The Balaban J connectivity index is 2.34. The molecule has 0 unspecified atom stereocenters. The summed E-state index contributed by atoms with van der Waals surface area (Å²) in [5.74, 6) is -0.0846. The van der Waals surface area contributed by atoms with E-state index in [-0.39, 0.29) is 5.91 Å². The Morgan fingerprint density at radius 2 is 1.89 bits per heavy atom. The molecule has 1 aromatic heterocycles. The van der Waals surface area contributed by atoms with Crippen molar-refractivity contribution in [2.75, 3.05) is 0 Å². The van der Waals surface area contributed by atoms with E-state index in [1.54, 1.807) is 12.1 Å². The number of fused-ring (bicyclic) bond motifs is 1. The van der Waals surface area contributed by atoms with Gasteiger partial charge in [0.05, 0.1) is 11.3 Å². The Morgan fingerprint density at radius 3 is 2.56 bits per heavy atom. The van der Waals surface area contributed by atoms with Crippen molar-refractivity contribution in [1.82, 2.24) is 10.3 Å². The summed E-state index contributed by atoms with van der Waals surface area (Å²) in [6.07, 6.45) is 0. The molecule has 18 heavy (non-hydrogen) atoms. The van der Waals surface area contributed by atoms with Crippen LogP contribution in [0, 0.1) is 6.92 Å². The van der Waals surface area contributed by atoms with E-state index in [9.17, 15) is 4.79 Å². The fourth-order valence-electron chi connectivity index (χ4n) is 2.32. The molecule has 1 aromatic carbocycles. The van der Waals surface area contributed by atoms with E-state index in [1.807, 2.05) is 19.1 Å². The van der Waals surface area contributed by atoms with Gasteiger partial charge in [-0.2, -0.15) is 0 Å². The number of halogens is 1. The predicted octanol–water partition coefficient (Wildman–Crippen LogP) is 1.29. The van der Waals surface area contributed by atoms with Crippen molar-refractivity contribution >= 4 is 29.8 Å². The van der Waals surface area contributed by atoms with E-state index < -0.39 is 0 Å². The molecule has 2 heterocycles. The number of rotatable bonds is 1. The number of carbonyl (C=O) groups excluding carboxylic acids is 1. The monoisotopic (exact) mass is 258 g/mol. The molecule has 0 radical (unpaired) electrons. The highest BCUT2D eigenvalue weighted by atomic mass is 35.5. The molecule has 2 aromatic rings. The summed E-state index contributed by atoms with van der Waals surface area (Å²) in [5.41, 5.74) is 3.25. The van der Waals surface area contributed by atoms with Crippen LogP contribution in [0.15, 0.2) is 24.3 Å². The number of aromatic amines is 1. The summed E-state index contributed by atoms with van der Waals surface area (Å²) < 4.78 is 0. The summed E-state index contributed by atoms with van der Waals surface area (Å²) in [5, 5.41) is 5.18. The van der Waals surface area contributed by atoms with Crippen LogP contribution in [-0.2, 0) is 0 Å². The molecule has 1 aliphatic heterocycles. The number of aryl methyl sites for hydroxylation is 1. The first-order valence-corrected chi connectivity index (χ1v) is 5.95. The number of hydrogen-bond acceptors (Lipinski definition) is 1. The van der Waals surface area contributed by atoms with Crippen LogP contribution in [0.4, 0.5) is 0 Å². The van der Waals surface area contributed by atoms with Crippen LogP contribution < -0.4 is 15.9 Å². The Kier molecular flexibility index (Phi) is 2.31. The van der Waals surface area contributed by atoms with Crippen molar-refractivity contribution in [3.05, 3.63) is 56.7 Å². The summed E-state index contributed by atoms with van der Waals surface area (Å²) in [7, 11) is 0. The van der Waals surface area contributed by atoms with Gasteiger partial charge in [-0.15, -0.1) is 0 Å². The van der Waals surface area contributed by atoms with Crippen LogP contribution in [0.25, 0.3) is 12.3 Å². The van der Waals surface area contributed by atoms with Crippen LogP contribution in [0.3, 0.4) is 0 Å². The molecule has 0 saturated heterocycles. The number of nitrogens with one attached hydrogen (secondary N) is 2. The van der Waals surface area contributed by atoms with E-state index in [0.717, 1.165) is 27.5 Å². The summed E-state index contributed by atoms with van der Waals surface area (Å²) in [4.78, 5) is 15.0. The first-order valence-electron chi connectivity index (χ1n) is 5.57. The normalized spacial score (nSPS) is 13.7. The highest BCUT2D eigenvalue weighted by molar-refractivity contribution is 6.30. The Labute approximate surface area is 109 Å². The van der Waals surface area contributed by atoms with Crippen molar-refractivity contribution in [3.63, 3.8) is 0 Å². The molecule has 3 nitrogen and oxygen atoms in total. The highest BCUT2D eigenvalue weighted by Gasteiger charge is 2.24. The van der Waals surface area contributed by atoms with E-state index >= 15 is 0 Å². The third-order valence-corrected chi connectivity index (χ3v) is 3.37. The zero-order chi connectivity index (χ0) is 12.9. The zero-order valence-electron chi connectivity index (χ0n) is 9.80. The summed E-state index contributed by atoms with van der Waals surface area (Å²) in [6.45, 7) is 5.82. The molecule has 3 rings (SSSR count). The second kappa shape index (κ2) is 3.75. The number of H-pyrrole nitrogens is 1. The fraction of sp³-hybridized carbons (Fsp3) is 0.0714. The largest absolute Gasteiger partial charge is 0.358 e. The number of benzene rings is 1. The smallest absolute Gasteiger partial charge is 0.258 e. The first-order chi connectivity index (χ1) is 8.58. The number of aromatic nitrogens is 1. The molecule has 4 heteroatoms. The molecule has 0 bridgehead atoms.